The lowest BCUT2D eigenvalue weighted by molar-refractivity contribution is -0.127. The van der Waals surface area contributed by atoms with Crippen LogP contribution in [-0.2, 0) is 16.0 Å². The molecule has 0 unspecified atom stereocenters. The number of nitrogens with one attached hydrogen (secondary N) is 2. The molecule has 8 heteroatoms. The van der Waals surface area contributed by atoms with Crippen LogP contribution >= 0.6 is 23.1 Å². The molecule has 1 atom stereocenters. The largest absolute Gasteiger partial charge is 0.344 e. The Kier molecular flexibility index (Phi) is 7.82. The van der Waals surface area contributed by atoms with E-state index in [-0.39, 0.29) is 24.2 Å². The Balaban J connectivity index is 2.00. The van der Waals surface area contributed by atoms with Crippen LogP contribution in [0.5, 0.6) is 0 Å². The number of thioether (sulfide) groups is 1. The van der Waals surface area contributed by atoms with Gasteiger partial charge in [-0.2, -0.15) is 5.26 Å². The van der Waals surface area contributed by atoms with Gasteiger partial charge in [0.1, 0.15) is 6.04 Å². The molecule has 0 spiro atoms. The molecule has 1 aromatic heterocycles. The van der Waals surface area contributed by atoms with Gasteiger partial charge in [-0.3, -0.25) is 9.59 Å². The molecule has 0 fully saturated rings. The van der Waals surface area contributed by atoms with E-state index in [1.807, 2.05) is 51.1 Å². The summed E-state index contributed by atoms with van der Waals surface area (Å²) in [4.78, 5) is 29.3. The second kappa shape index (κ2) is 10.1. The van der Waals surface area contributed by atoms with E-state index in [4.69, 9.17) is 5.26 Å². The van der Waals surface area contributed by atoms with Gasteiger partial charge in [0.05, 0.1) is 28.1 Å². The quantitative estimate of drug-likeness (QED) is 0.660. The van der Waals surface area contributed by atoms with Crippen molar-refractivity contribution in [1.82, 2.24) is 10.3 Å². The number of hydrogen-bond acceptors (Lipinski definition) is 6. The number of carbonyl (C=O) groups excluding carboxylic acids is 2. The number of aryl methyl sites for hydroxylation is 1. The number of anilines is 1. The van der Waals surface area contributed by atoms with Gasteiger partial charge in [0, 0.05) is 0 Å². The molecule has 0 aliphatic rings. The fourth-order valence-corrected chi connectivity index (χ4v) is 4.19. The van der Waals surface area contributed by atoms with E-state index in [0.717, 1.165) is 15.5 Å². The van der Waals surface area contributed by atoms with Crippen LogP contribution in [0.25, 0.3) is 0 Å². The van der Waals surface area contributed by atoms with Crippen molar-refractivity contribution in [1.29, 1.82) is 5.26 Å². The van der Waals surface area contributed by atoms with Crippen LogP contribution < -0.4 is 10.6 Å². The van der Waals surface area contributed by atoms with Crippen LogP contribution in [0, 0.1) is 24.2 Å². The van der Waals surface area contributed by atoms with Gasteiger partial charge in [0.2, 0.25) is 11.8 Å². The molecule has 2 rings (SSSR count). The van der Waals surface area contributed by atoms with E-state index in [9.17, 15) is 9.59 Å². The molecular weight excluding hydrogens is 380 g/mol. The maximum absolute atomic E-state index is 12.7. The van der Waals surface area contributed by atoms with Gasteiger partial charge >= 0.3 is 0 Å². The molecule has 27 heavy (non-hydrogen) atoms. The highest BCUT2D eigenvalue weighted by atomic mass is 32.2. The Bertz CT molecular complexity index is 828. The van der Waals surface area contributed by atoms with Gasteiger partial charge in [-0.15, -0.1) is 0 Å². The van der Waals surface area contributed by atoms with Crippen LogP contribution in [0.15, 0.2) is 34.5 Å². The Hall–Kier alpha value is -2.37. The molecule has 0 aliphatic carbocycles. The van der Waals surface area contributed by atoms with Gasteiger partial charge < -0.3 is 10.6 Å². The molecule has 2 amide bonds. The average molecular weight is 403 g/mol. The van der Waals surface area contributed by atoms with Gasteiger partial charge in [-0.1, -0.05) is 67.3 Å². The molecule has 0 saturated heterocycles. The van der Waals surface area contributed by atoms with Crippen molar-refractivity contribution < 1.29 is 9.59 Å². The van der Waals surface area contributed by atoms with E-state index < -0.39 is 6.04 Å². The fraction of sp³-hybridized carbons (Fsp3) is 0.368. The van der Waals surface area contributed by atoms with E-state index in [1.54, 1.807) is 0 Å². The Morgan fingerprint density at radius 1 is 1.30 bits per heavy atom. The SMILES string of the molecule is Cc1nc(NC(=O)[C@H](NC(=O)Cc2ccccc2)C(C)C)sc1SCC#N. The maximum atomic E-state index is 12.7. The normalized spacial score (nSPS) is 11.7. The van der Waals surface area contributed by atoms with Crippen LogP contribution in [0.2, 0.25) is 0 Å². The molecule has 6 nitrogen and oxygen atoms in total. The number of amides is 2. The minimum absolute atomic E-state index is 0.0711. The third-order valence-corrected chi connectivity index (χ3v) is 6.03. The van der Waals surface area contributed by atoms with E-state index in [2.05, 4.69) is 21.7 Å². The lowest BCUT2D eigenvalue weighted by Crippen LogP contribution is -2.47. The van der Waals surface area contributed by atoms with Gasteiger partial charge in [0.25, 0.3) is 0 Å². The second-order valence-corrected chi connectivity index (χ2v) is 8.52. The van der Waals surface area contributed by atoms with Gasteiger partial charge in [-0.05, 0) is 18.4 Å². The number of carbonyl (C=O) groups is 2. The monoisotopic (exact) mass is 402 g/mol. The Morgan fingerprint density at radius 3 is 2.63 bits per heavy atom. The third kappa shape index (κ3) is 6.38. The van der Waals surface area contributed by atoms with Gasteiger partial charge in [0.15, 0.2) is 5.13 Å². The molecule has 0 aliphatic heterocycles. The molecule has 2 aromatic rings. The first-order valence-corrected chi connectivity index (χ1v) is 10.3. The maximum Gasteiger partial charge on any atom is 0.248 e. The third-order valence-electron chi connectivity index (χ3n) is 3.73. The zero-order chi connectivity index (χ0) is 19.8. The smallest absolute Gasteiger partial charge is 0.248 e. The topological polar surface area (TPSA) is 94.9 Å². The number of thiazole rings is 1. The second-order valence-electron chi connectivity index (χ2n) is 6.28. The fourth-order valence-electron chi connectivity index (χ4n) is 2.39. The number of hydrogen-bond donors (Lipinski definition) is 2. The minimum Gasteiger partial charge on any atom is -0.344 e. The van der Waals surface area contributed by atoms with Crippen LogP contribution in [-0.4, -0.2) is 28.6 Å². The van der Waals surface area contributed by atoms with E-state index >= 15 is 0 Å². The zero-order valence-electron chi connectivity index (χ0n) is 15.5. The van der Waals surface area contributed by atoms with Crippen molar-refractivity contribution >= 4 is 40.0 Å². The lowest BCUT2D eigenvalue weighted by Gasteiger charge is -2.21. The van der Waals surface area contributed by atoms with Crippen molar-refractivity contribution in [2.24, 2.45) is 5.92 Å². The summed E-state index contributed by atoms with van der Waals surface area (Å²) in [7, 11) is 0. The Labute approximate surface area is 167 Å². The van der Waals surface area contributed by atoms with Crippen molar-refractivity contribution in [2.75, 3.05) is 11.1 Å². The van der Waals surface area contributed by atoms with Crippen LogP contribution in [0.4, 0.5) is 5.13 Å². The summed E-state index contributed by atoms with van der Waals surface area (Å²) in [5.41, 5.74) is 1.68. The number of nitrogens with zero attached hydrogens (tertiary/aromatic N) is 2. The summed E-state index contributed by atoms with van der Waals surface area (Å²) < 4.78 is 0.904. The van der Waals surface area contributed by atoms with Crippen molar-refractivity contribution in [3.8, 4) is 6.07 Å². The summed E-state index contributed by atoms with van der Waals surface area (Å²) in [6, 6.07) is 10.8. The Morgan fingerprint density at radius 2 is 2.00 bits per heavy atom. The zero-order valence-corrected chi connectivity index (χ0v) is 17.1. The van der Waals surface area contributed by atoms with Crippen molar-refractivity contribution in [3.63, 3.8) is 0 Å². The van der Waals surface area contributed by atoms with Crippen LogP contribution in [0.3, 0.4) is 0 Å². The molecule has 2 N–H and O–H groups in total. The van der Waals surface area contributed by atoms with E-state index in [1.165, 1.54) is 23.1 Å². The summed E-state index contributed by atoms with van der Waals surface area (Å²) in [5, 5.41) is 14.8. The van der Waals surface area contributed by atoms with Crippen LogP contribution in [0.1, 0.15) is 25.1 Å². The highest BCUT2D eigenvalue weighted by Crippen LogP contribution is 2.31. The first-order chi connectivity index (χ1) is 12.9. The summed E-state index contributed by atoms with van der Waals surface area (Å²) in [6.45, 7) is 5.61. The number of benzene rings is 1. The molecule has 0 radical (unpaired) electrons. The summed E-state index contributed by atoms with van der Waals surface area (Å²) in [5.74, 6) is -0.230. The molecule has 1 heterocycles. The average Bonchev–Trinajstić information content (AvgIpc) is 2.97. The van der Waals surface area contributed by atoms with E-state index in [0.29, 0.717) is 10.9 Å². The highest BCUT2D eigenvalue weighted by Gasteiger charge is 2.25. The predicted octanol–water partition coefficient (Wildman–Crippen LogP) is 3.39. The molecule has 0 bridgehead atoms. The molecule has 142 valence electrons. The first-order valence-electron chi connectivity index (χ1n) is 8.52. The summed E-state index contributed by atoms with van der Waals surface area (Å²) in [6.07, 6.45) is 0.225. The first kappa shape index (κ1) is 20.9. The van der Waals surface area contributed by atoms with Gasteiger partial charge in [-0.25, -0.2) is 4.98 Å². The predicted molar refractivity (Wildman–Crippen MR) is 109 cm³/mol. The van der Waals surface area contributed by atoms with Crippen molar-refractivity contribution in [3.05, 3.63) is 41.6 Å². The standard InChI is InChI=1S/C19H22N4O2S2/c1-12(2)16(22-15(24)11-14-7-5-4-6-8-14)17(25)23-19-21-13(3)18(27-19)26-10-9-20/h4-8,12,16H,10-11H2,1-3H3,(H,22,24)(H,21,23,25)/t16-/m1/s1. The number of aromatic nitrogens is 1. The lowest BCUT2D eigenvalue weighted by atomic mass is 10.0. The summed E-state index contributed by atoms with van der Waals surface area (Å²) >= 11 is 2.73. The molecular formula is C19H22N4O2S2. The molecule has 0 saturated carbocycles. The highest BCUT2D eigenvalue weighted by molar-refractivity contribution is 8.01. The minimum atomic E-state index is -0.652. The van der Waals surface area contributed by atoms with Crippen molar-refractivity contribution in [2.45, 2.75) is 37.4 Å². The molecule has 1 aromatic carbocycles. The number of nitriles is 1. The number of rotatable bonds is 8.